The van der Waals surface area contributed by atoms with Gasteiger partial charge in [-0.05, 0) is 67.6 Å². The fourth-order valence-electron chi connectivity index (χ4n) is 4.31. The molecule has 2 N–H and O–H groups in total. The zero-order chi connectivity index (χ0) is 25.7. The number of hydrogen-bond acceptors (Lipinski definition) is 5. The third kappa shape index (κ3) is 5.91. The van der Waals surface area contributed by atoms with Crippen molar-refractivity contribution in [2.24, 2.45) is 0 Å². The monoisotopic (exact) mass is 504 g/mol. The second kappa shape index (κ2) is 11.4. The molecule has 2 aromatic carbocycles. The summed E-state index contributed by atoms with van der Waals surface area (Å²) in [6.45, 7) is 5.31. The SMILES string of the molecule is CCN(CC)c1nc(Cc2ccc(NC(=O)c3ccc4c(c3)C=CCC4)cc2)nc(Cl)c1CC(=O)O. The zero-order valence-corrected chi connectivity index (χ0v) is 21.2. The van der Waals surface area contributed by atoms with Gasteiger partial charge in [0.1, 0.15) is 16.8 Å². The van der Waals surface area contributed by atoms with E-state index in [0.717, 1.165) is 24.0 Å². The standard InChI is InChI=1S/C28H29ClN4O3/c1-3-33(4-2)27-23(17-25(34)35)26(29)31-24(32-27)15-18-9-13-22(14-10-18)30-28(36)21-12-11-19-7-5-6-8-20(19)16-21/h6,8-14,16H,3-5,7,15,17H2,1-2H3,(H,30,36)(H,34,35). The van der Waals surface area contributed by atoms with Crippen molar-refractivity contribution in [3.8, 4) is 0 Å². The lowest BCUT2D eigenvalue weighted by Gasteiger charge is -2.23. The summed E-state index contributed by atoms with van der Waals surface area (Å²) in [5.74, 6) is -0.0696. The van der Waals surface area contributed by atoms with Gasteiger partial charge in [0.25, 0.3) is 5.91 Å². The number of fused-ring (bicyclic) bond motifs is 1. The summed E-state index contributed by atoms with van der Waals surface area (Å²) in [6, 6.07) is 13.3. The lowest BCUT2D eigenvalue weighted by atomic mass is 9.95. The summed E-state index contributed by atoms with van der Waals surface area (Å²) >= 11 is 6.40. The van der Waals surface area contributed by atoms with Crippen molar-refractivity contribution in [1.29, 1.82) is 0 Å². The number of amides is 1. The highest BCUT2D eigenvalue weighted by Crippen LogP contribution is 2.26. The molecule has 0 fully saturated rings. The highest BCUT2D eigenvalue weighted by Gasteiger charge is 2.20. The lowest BCUT2D eigenvalue weighted by molar-refractivity contribution is -0.136. The van der Waals surface area contributed by atoms with Crippen molar-refractivity contribution in [1.82, 2.24) is 9.97 Å². The van der Waals surface area contributed by atoms with Crippen LogP contribution in [0, 0.1) is 0 Å². The van der Waals surface area contributed by atoms with Gasteiger partial charge in [0, 0.05) is 36.3 Å². The zero-order valence-electron chi connectivity index (χ0n) is 20.4. The Morgan fingerprint density at radius 2 is 1.83 bits per heavy atom. The molecule has 0 aliphatic heterocycles. The van der Waals surface area contributed by atoms with Crippen LogP contribution >= 0.6 is 11.6 Å². The van der Waals surface area contributed by atoms with Gasteiger partial charge in [-0.15, -0.1) is 0 Å². The van der Waals surface area contributed by atoms with E-state index in [1.165, 1.54) is 5.56 Å². The Balaban J connectivity index is 1.49. The van der Waals surface area contributed by atoms with E-state index in [4.69, 9.17) is 11.6 Å². The van der Waals surface area contributed by atoms with Crippen LogP contribution in [0.2, 0.25) is 5.15 Å². The molecule has 1 aliphatic rings. The van der Waals surface area contributed by atoms with Gasteiger partial charge in [-0.1, -0.05) is 42.0 Å². The Kier molecular flexibility index (Phi) is 8.00. The van der Waals surface area contributed by atoms with Gasteiger partial charge < -0.3 is 15.3 Å². The molecular weight excluding hydrogens is 476 g/mol. The molecule has 0 bridgehead atoms. The minimum absolute atomic E-state index is 0.155. The number of halogens is 1. The minimum atomic E-state index is -0.980. The predicted octanol–water partition coefficient (Wildman–Crippen LogP) is 5.41. The summed E-state index contributed by atoms with van der Waals surface area (Å²) in [7, 11) is 0. The number of benzene rings is 2. The molecular formula is C28H29ClN4O3. The van der Waals surface area contributed by atoms with Gasteiger partial charge >= 0.3 is 5.97 Å². The molecule has 8 heteroatoms. The Morgan fingerprint density at radius 1 is 1.08 bits per heavy atom. The molecule has 0 unspecified atom stereocenters. The van der Waals surface area contributed by atoms with E-state index < -0.39 is 5.97 Å². The third-order valence-electron chi connectivity index (χ3n) is 6.23. The number of nitrogens with zero attached hydrogens (tertiary/aromatic N) is 3. The van der Waals surface area contributed by atoms with Crippen molar-refractivity contribution < 1.29 is 14.7 Å². The number of aliphatic carboxylic acids is 1. The molecule has 1 aliphatic carbocycles. The van der Waals surface area contributed by atoms with Crippen LogP contribution in [0.15, 0.2) is 48.5 Å². The van der Waals surface area contributed by atoms with E-state index in [-0.39, 0.29) is 17.5 Å². The molecule has 0 atom stereocenters. The molecule has 0 spiro atoms. The maximum atomic E-state index is 12.8. The minimum Gasteiger partial charge on any atom is -0.481 e. The summed E-state index contributed by atoms with van der Waals surface area (Å²) in [5.41, 5.74) is 5.04. The largest absolute Gasteiger partial charge is 0.481 e. The number of nitrogens with one attached hydrogen (secondary N) is 1. The van der Waals surface area contributed by atoms with Crippen LogP contribution in [-0.2, 0) is 24.1 Å². The number of anilines is 2. The number of rotatable bonds is 9. The molecule has 186 valence electrons. The van der Waals surface area contributed by atoms with Crippen LogP contribution < -0.4 is 10.2 Å². The fourth-order valence-corrected chi connectivity index (χ4v) is 4.56. The second-order valence-electron chi connectivity index (χ2n) is 8.66. The first kappa shape index (κ1) is 25.4. The number of carboxylic acid groups (broad SMARTS) is 1. The van der Waals surface area contributed by atoms with Crippen molar-refractivity contribution in [2.75, 3.05) is 23.3 Å². The summed E-state index contributed by atoms with van der Waals surface area (Å²) < 4.78 is 0. The molecule has 0 saturated carbocycles. The first-order valence-electron chi connectivity index (χ1n) is 12.1. The second-order valence-corrected chi connectivity index (χ2v) is 9.02. The first-order chi connectivity index (χ1) is 17.4. The van der Waals surface area contributed by atoms with Gasteiger partial charge in [-0.3, -0.25) is 9.59 Å². The van der Waals surface area contributed by atoms with Crippen LogP contribution in [0.3, 0.4) is 0 Å². The van der Waals surface area contributed by atoms with Crippen LogP contribution in [0.5, 0.6) is 0 Å². The number of carboxylic acids is 1. The van der Waals surface area contributed by atoms with Crippen LogP contribution in [-0.4, -0.2) is 40.0 Å². The maximum absolute atomic E-state index is 12.8. The molecule has 1 heterocycles. The first-order valence-corrected chi connectivity index (χ1v) is 12.5. The van der Waals surface area contributed by atoms with Crippen molar-refractivity contribution in [2.45, 2.75) is 39.5 Å². The van der Waals surface area contributed by atoms with E-state index in [1.54, 1.807) is 0 Å². The van der Waals surface area contributed by atoms with Crippen molar-refractivity contribution >= 4 is 41.1 Å². The normalized spacial score (nSPS) is 12.2. The van der Waals surface area contributed by atoms with Gasteiger partial charge in [-0.25, -0.2) is 9.97 Å². The fraction of sp³-hybridized carbons (Fsp3) is 0.286. The highest BCUT2D eigenvalue weighted by molar-refractivity contribution is 6.30. The number of aromatic nitrogens is 2. The average molecular weight is 505 g/mol. The molecule has 1 amide bonds. The number of aryl methyl sites for hydroxylation is 1. The third-order valence-corrected chi connectivity index (χ3v) is 6.54. The van der Waals surface area contributed by atoms with Crippen LogP contribution in [0.4, 0.5) is 11.5 Å². The molecule has 36 heavy (non-hydrogen) atoms. The van der Waals surface area contributed by atoms with E-state index >= 15 is 0 Å². The number of carbonyl (C=O) groups is 2. The smallest absolute Gasteiger partial charge is 0.308 e. The predicted molar refractivity (Wildman–Crippen MR) is 143 cm³/mol. The Morgan fingerprint density at radius 3 is 2.53 bits per heavy atom. The van der Waals surface area contributed by atoms with Gasteiger partial charge in [0.05, 0.1) is 6.42 Å². The van der Waals surface area contributed by atoms with E-state index in [2.05, 4.69) is 27.4 Å². The lowest BCUT2D eigenvalue weighted by Crippen LogP contribution is -2.26. The summed E-state index contributed by atoms with van der Waals surface area (Å²) in [5, 5.41) is 12.4. The molecule has 1 aromatic heterocycles. The molecule has 7 nitrogen and oxygen atoms in total. The Hall–Kier alpha value is -3.71. The summed E-state index contributed by atoms with van der Waals surface area (Å²) in [4.78, 5) is 35.1. The van der Waals surface area contributed by atoms with Crippen molar-refractivity contribution in [3.63, 3.8) is 0 Å². The average Bonchev–Trinajstić information content (AvgIpc) is 2.87. The Bertz CT molecular complexity index is 1300. The van der Waals surface area contributed by atoms with Gasteiger partial charge in [0.15, 0.2) is 0 Å². The van der Waals surface area contributed by atoms with E-state index in [1.807, 2.05) is 61.2 Å². The number of allylic oxidation sites excluding steroid dienone is 1. The molecule has 0 radical (unpaired) electrons. The quantitative estimate of drug-likeness (QED) is 0.378. The van der Waals surface area contributed by atoms with Gasteiger partial charge in [0.2, 0.25) is 0 Å². The van der Waals surface area contributed by atoms with Crippen molar-refractivity contribution in [3.05, 3.63) is 87.3 Å². The maximum Gasteiger partial charge on any atom is 0.308 e. The van der Waals surface area contributed by atoms with E-state index in [9.17, 15) is 14.7 Å². The van der Waals surface area contributed by atoms with Crippen LogP contribution in [0.25, 0.3) is 6.08 Å². The molecule has 4 rings (SSSR count). The van der Waals surface area contributed by atoms with Gasteiger partial charge in [-0.2, -0.15) is 0 Å². The van der Waals surface area contributed by atoms with E-state index in [0.29, 0.717) is 48.0 Å². The molecule has 0 saturated heterocycles. The topological polar surface area (TPSA) is 95.4 Å². The Labute approximate surface area is 215 Å². The number of carbonyl (C=O) groups excluding carboxylic acids is 1. The summed E-state index contributed by atoms with van der Waals surface area (Å²) in [6.07, 6.45) is 6.42. The number of hydrogen-bond donors (Lipinski definition) is 2. The van der Waals surface area contributed by atoms with Crippen LogP contribution in [0.1, 0.15) is 58.7 Å². The molecule has 3 aromatic rings. The highest BCUT2D eigenvalue weighted by atomic mass is 35.5.